The fourth-order valence-electron chi connectivity index (χ4n) is 2.85. The SMILES string of the molecule is CNC(=O)CCNC(=O)C1CCN(S(=O)(=O)c2ccc(C(=O)O)cc2)CC1. The molecular weight excluding hydrogens is 374 g/mol. The Morgan fingerprint density at radius 2 is 1.74 bits per heavy atom. The third kappa shape index (κ3) is 5.27. The van der Waals surface area contributed by atoms with Gasteiger partial charge in [0, 0.05) is 39.0 Å². The van der Waals surface area contributed by atoms with Crippen LogP contribution in [0.1, 0.15) is 29.6 Å². The number of nitrogens with one attached hydrogen (secondary N) is 2. The molecule has 0 bridgehead atoms. The minimum Gasteiger partial charge on any atom is -0.478 e. The number of benzene rings is 1. The van der Waals surface area contributed by atoms with Gasteiger partial charge in [0.1, 0.15) is 0 Å². The van der Waals surface area contributed by atoms with Crippen LogP contribution < -0.4 is 10.6 Å². The van der Waals surface area contributed by atoms with Crippen molar-refractivity contribution in [3.63, 3.8) is 0 Å². The lowest BCUT2D eigenvalue weighted by atomic mass is 9.97. The van der Waals surface area contributed by atoms with Crippen molar-refractivity contribution in [2.45, 2.75) is 24.2 Å². The summed E-state index contributed by atoms with van der Waals surface area (Å²) in [6.07, 6.45) is 0.971. The molecule has 3 N–H and O–H groups in total. The van der Waals surface area contributed by atoms with Gasteiger partial charge in [0.2, 0.25) is 21.8 Å². The number of aromatic carboxylic acids is 1. The van der Waals surface area contributed by atoms with Crippen LogP contribution in [0, 0.1) is 5.92 Å². The molecule has 27 heavy (non-hydrogen) atoms. The summed E-state index contributed by atoms with van der Waals surface area (Å²) < 4.78 is 26.6. The van der Waals surface area contributed by atoms with Gasteiger partial charge in [0.25, 0.3) is 0 Å². The van der Waals surface area contributed by atoms with E-state index in [1.165, 1.54) is 35.6 Å². The van der Waals surface area contributed by atoms with Crippen LogP contribution >= 0.6 is 0 Å². The van der Waals surface area contributed by atoms with E-state index in [1.54, 1.807) is 0 Å². The Morgan fingerprint density at radius 3 is 2.26 bits per heavy atom. The molecule has 1 aromatic rings. The third-order valence-corrected chi connectivity index (χ3v) is 6.41. The van der Waals surface area contributed by atoms with Crippen LogP contribution in [0.3, 0.4) is 0 Å². The van der Waals surface area contributed by atoms with Crippen LogP contribution in [-0.2, 0) is 19.6 Å². The van der Waals surface area contributed by atoms with Crippen molar-refractivity contribution < 1.29 is 27.9 Å². The Balaban J connectivity index is 1.91. The highest BCUT2D eigenvalue weighted by Gasteiger charge is 2.32. The lowest BCUT2D eigenvalue weighted by Crippen LogP contribution is -2.43. The van der Waals surface area contributed by atoms with Gasteiger partial charge >= 0.3 is 5.97 Å². The molecule has 148 valence electrons. The summed E-state index contributed by atoms with van der Waals surface area (Å²) in [5.74, 6) is -1.76. The Hall–Kier alpha value is -2.46. The molecule has 1 aromatic carbocycles. The van der Waals surface area contributed by atoms with Crippen molar-refractivity contribution in [2.24, 2.45) is 5.92 Å². The molecule has 0 aromatic heterocycles. The zero-order chi connectivity index (χ0) is 20.0. The first-order valence-electron chi connectivity index (χ1n) is 8.57. The maximum Gasteiger partial charge on any atom is 0.335 e. The minimum atomic E-state index is -3.73. The predicted molar refractivity (Wildman–Crippen MR) is 96.6 cm³/mol. The van der Waals surface area contributed by atoms with Crippen molar-refractivity contribution in [1.82, 2.24) is 14.9 Å². The van der Waals surface area contributed by atoms with Crippen molar-refractivity contribution in [3.05, 3.63) is 29.8 Å². The largest absolute Gasteiger partial charge is 0.478 e. The summed E-state index contributed by atoms with van der Waals surface area (Å²) in [5.41, 5.74) is 0.0149. The topological polar surface area (TPSA) is 133 Å². The predicted octanol–water partition coefficient (Wildman–Crippen LogP) is 0.0378. The smallest absolute Gasteiger partial charge is 0.335 e. The zero-order valence-corrected chi connectivity index (χ0v) is 15.8. The number of carbonyl (C=O) groups is 3. The molecule has 10 heteroatoms. The molecule has 1 heterocycles. The summed E-state index contributed by atoms with van der Waals surface area (Å²) >= 11 is 0. The number of carboxylic acids is 1. The fourth-order valence-corrected chi connectivity index (χ4v) is 4.32. The van der Waals surface area contributed by atoms with E-state index in [4.69, 9.17) is 5.11 Å². The maximum atomic E-state index is 12.7. The number of hydrogen-bond acceptors (Lipinski definition) is 5. The minimum absolute atomic E-state index is 0.0149. The van der Waals surface area contributed by atoms with Crippen molar-refractivity contribution in [1.29, 1.82) is 0 Å². The first-order valence-corrected chi connectivity index (χ1v) is 10.0. The van der Waals surface area contributed by atoms with Crippen LogP contribution in [0.2, 0.25) is 0 Å². The van der Waals surface area contributed by atoms with Crippen molar-refractivity contribution in [3.8, 4) is 0 Å². The summed E-state index contributed by atoms with van der Waals surface area (Å²) in [7, 11) is -2.21. The van der Waals surface area contributed by atoms with Crippen LogP contribution in [0.4, 0.5) is 0 Å². The second kappa shape index (κ2) is 8.96. The lowest BCUT2D eigenvalue weighted by molar-refractivity contribution is -0.126. The standard InChI is InChI=1S/C17H23N3O6S/c1-18-15(21)6-9-19-16(22)12-7-10-20(11-8-12)27(25,26)14-4-2-13(3-5-14)17(23)24/h2-5,12H,6-11H2,1H3,(H,18,21)(H,19,22)(H,23,24). The fraction of sp³-hybridized carbons (Fsp3) is 0.471. The summed E-state index contributed by atoms with van der Waals surface area (Å²) in [4.78, 5) is 34.2. The first kappa shape index (κ1) is 20.8. The van der Waals surface area contributed by atoms with Crippen LogP contribution in [0.5, 0.6) is 0 Å². The summed E-state index contributed by atoms with van der Waals surface area (Å²) in [5, 5.41) is 14.1. The third-order valence-electron chi connectivity index (χ3n) is 4.49. The van der Waals surface area contributed by atoms with Crippen LogP contribution in [0.15, 0.2) is 29.2 Å². The second-order valence-electron chi connectivity index (χ2n) is 6.22. The number of carbonyl (C=O) groups excluding carboxylic acids is 2. The number of hydrogen-bond donors (Lipinski definition) is 3. The molecule has 0 saturated carbocycles. The van der Waals surface area contributed by atoms with E-state index < -0.39 is 16.0 Å². The van der Waals surface area contributed by atoms with Gasteiger partial charge in [-0.15, -0.1) is 0 Å². The van der Waals surface area contributed by atoms with Gasteiger partial charge in [-0.25, -0.2) is 13.2 Å². The molecule has 9 nitrogen and oxygen atoms in total. The van der Waals surface area contributed by atoms with E-state index >= 15 is 0 Å². The van der Waals surface area contributed by atoms with E-state index in [0.717, 1.165) is 0 Å². The molecule has 2 amide bonds. The van der Waals surface area contributed by atoms with Gasteiger partial charge < -0.3 is 15.7 Å². The quantitative estimate of drug-likeness (QED) is 0.595. The van der Waals surface area contributed by atoms with Gasteiger partial charge in [0.15, 0.2) is 0 Å². The van der Waals surface area contributed by atoms with E-state index in [-0.39, 0.29) is 54.2 Å². The second-order valence-corrected chi connectivity index (χ2v) is 8.16. The summed E-state index contributed by atoms with van der Waals surface area (Å²) in [6.45, 7) is 0.653. The van der Waals surface area contributed by atoms with E-state index in [1.807, 2.05) is 0 Å². The monoisotopic (exact) mass is 397 g/mol. The first-order chi connectivity index (χ1) is 12.8. The van der Waals surface area contributed by atoms with E-state index in [9.17, 15) is 22.8 Å². The Labute approximate surface area is 157 Å². The van der Waals surface area contributed by atoms with Crippen LogP contribution in [0.25, 0.3) is 0 Å². The van der Waals surface area contributed by atoms with Gasteiger partial charge in [-0.1, -0.05) is 0 Å². The van der Waals surface area contributed by atoms with Crippen LogP contribution in [-0.4, -0.2) is 62.3 Å². The molecule has 1 fully saturated rings. The molecule has 0 atom stereocenters. The molecule has 0 radical (unpaired) electrons. The van der Waals surface area contributed by atoms with Gasteiger partial charge in [0.05, 0.1) is 10.5 Å². The Morgan fingerprint density at radius 1 is 1.15 bits per heavy atom. The van der Waals surface area contributed by atoms with Gasteiger partial charge in [-0.2, -0.15) is 4.31 Å². The number of sulfonamides is 1. The van der Waals surface area contributed by atoms with Gasteiger partial charge in [-0.05, 0) is 37.1 Å². The van der Waals surface area contributed by atoms with E-state index in [0.29, 0.717) is 12.8 Å². The highest BCUT2D eigenvalue weighted by Crippen LogP contribution is 2.24. The molecule has 0 aliphatic carbocycles. The number of amides is 2. The highest BCUT2D eigenvalue weighted by atomic mass is 32.2. The van der Waals surface area contributed by atoms with Crippen molar-refractivity contribution in [2.75, 3.05) is 26.7 Å². The summed E-state index contributed by atoms with van der Waals surface area (Å²) in [6, 6.07) is 5.05. The number of rotatable bonds is 7. The Kier molecular flexibility index (Phi) is 6.92. The number of carboxylic acid groups (broad SMARTS) is 1. The molecule has 0 unspecified atom stereocenters. The number of nitrogens with zero attached hydrogens (tertiary/aromatic N) is 1. The molecule has 1 saturated heterocycles. The van der Waals surface area contributed by atoms with Crippen molar-refractivity contribution >= 4 is 27.8 Å². The molecule has 0 spiro atoms. The van der Waals surface area contributed by atoms with Gasteiger partial charge in [-0.3, -0.25) is 9.59 Å². The lowest BCUT2D eigenvalue weighted by Gasteiger charge is -2.30. The van der Waals surface area contributed by atoms with E-state index in [2.05, 4.69) is 10.6 Å². The maximum absolute atomic E-state index is 12.7. The average molecular weight is 397 g/mol. The molecule has 2 rings (SSSR count). The number of piperidine rings is 1. The highest BCUT2D eigenvalue weighted by molar-refractivity contribution is 7.89. The molecule has 1 aliphatic heterocycles. The molecule has 1 aliphatic rings. The average Bonchev–Trinajstić information content (AvgIpc) is 2.67. The Bertz CT molecular complexity index is 798. The normalized spacial score (nSPS) is 15.9. The molecular formula is C17H23N3O6S. The zero-order valence-electron chi connectivity index (χ0n) is 15.0.